The summed E-state index contributed by atoms with van der Waals surface area (Å²) >= 11 is 1.35. The third-order valence-corrected chi connectivity index (χ3v) is 7.31. The normalized spacial score (nSPS) is 12.6. The van der Waals surface area contributed by atoms with E-state index in [1.807, 2.05) is 56.3 Å². The minimum Gasteiger partial charge on any atom is -0.324 e. The van der Waals surface area contributed by atoms with E-state index in [1.54, 1.807) is 0 Å². The predicted octanol–water partition coefficient (Wildman–Crippen LogP) is 6.04. The second-order valence-corrected chi connectivity index (χ2v) is 9.50. The number of nitrogens with zero attached hydrogens (tertiary/aromatic N) is 4. The second-order valence-electron chi connectivity index (χ2n) is 8.33. The number of aryl methyl sites for hydroxylation is 1. The van der Waals surface area contributed by atoms with E-state index in [-0.39, 0.29) is 11.2 Å². The van der Waals surface area contributed by atoms with Gasteiger partial charge in [0.25, 0.3) is 0 Å². The van der Waals surface area contributed by atoms with Gasteiger partial charge in [0.15, 0.2) is 0 Å². The van der Waals surface area contributed by atoms with Crippen LogP contribution in [0, 0.1) is 6.92 Å². The molecule has 0 spiro atoms. The minimum atomic E-state index is -0.355. The van der Waals surface area contributed by atoms with Crippen LogP contribution >= 0.6 is 11.8 Å². The molecule has 3 aromatic carbocycles. The van der Waals surface area contributed by atoms with E-state index < -0.39 is 0 Å². The van der Waals surface area contributed by atoms with Gasteiger partial charge in [-0.3, -0.25) is 9.78 Å². The molecule has 5 aromatic rings. The molecule has 1 N–H and O–H groups in total. The number of fused-ring (bicyclic) bond motifs is 4. The number of carbonyl (C=O) groups excluding carboxylic acids is 1. The van der Waals surface area contributed by atoms with Crippen LogP contribution in [0.2, 0.25) is 0 Å². The number of anilines is 1. The first-order valence-corrected chi connectivity index (χ1v) is 12.1. The van der Waals surface area contributed by atoms with Crippen LogP contribution in [-0.2, 0) is 4.79 Å². The molecule has 6 nitrogen and oxygen atoms in total. The summed E-state index contributed by atoms with van der Waals surface area (Å²) in [7, 11) is 0. The number of amides is 1. The van der Waals surface area contributed by atoms with Gasteiger partial charge < -0.3 is 5.32 Å². The molecule has 0 radical (unpaired) electrons. The molecule has 0 fully saturated rings. The molecule has 7 heteroatoms. The van der Waals surface area contributed by atoms with Crippen LogP contribution in [0.5, 0.6) is 0 Å². The Bertz CT molecular complexity index is 1590. The summed E-state index contributed by atoms with van der Waals surface area (Å²) in [6.45, 7) is 3.92. The van der Waals surface area contributed by atoms with Crippen LogP contribution in [0.4, 0.5) is 5.69 Å². The van der Waals surface area contributed by atoms with E-state index >= 15 is 0 Å². The molecule has 1 aliphatic carbocycles. The molecule has 0 saturated heterocycles. The number of para-hydroxylation sites is 1. The molecular formula is C27H21N5OS. The third-order valence-electron chi connectivity index (χ3n) is 6.10. The molecule has 0 bridgehead atoms. The van der Waals surface area contributed by atoms with Gasteiger partial charge in [0.1, 0.15) is 11.4 Å². The van der Waals surface area contributed by atoms with Crippen LogP contribution < -0.4 is 5.32 Å². The Morgan fingerprint density at radius 1 is 0.941 bits per heavy atom. The number of aromatic nitrogens is 4. The lowest BCUT2D eigenvalue weighted by atomic mass is 10.0. The largest absolute Gasteiger partial charge is 0.324 e. The molecule has 6 rings (SSSR count). The first-order chi connectivity index (χ1) is 16.6. The number of carbonyl (C=O) groups is 1. The van der Waals surface area contributed by atoms with Crippen molar-refractivity contribution in [1.82, 2.24) is 20.2 Å². The van der Waals surface area contributed by atoms with E-state index in [4.69, 9.17) is 4.98 Å². The fourth-order valence-corrected chi connectivity index (χ4v) is 5.36. The SMILES string of the molecule is CCC(Sc1nnc2c(n1)-c1cccc3cccc-2c13)C(=O)Nc1cc(C)nc2ccccc12. The Kier molecular flexibility index (Phi) is 4.99. The van der Waals surface area contributed by atoms with Gasteiger partial charge >= 0.3 is 0 Å². The number of hydrogen-bond acceptors (Lipinski definition) is 6. The first-order valence-electron chi connectivity index (χ1n) is 11.2. The zero-order valence-corrected chi connectivity index (χ0v) is 19.6. The summed E-state index contributed by atoms with van der Waals surface area (Å²) in [5, 5.41) is 15.4. The maximum absolute atomic E-state index is 13.2. The van der Waals surface area contributed by atoms with Gasteiger partial charge in [-0.15, -0.1) is 10.2 Å². The van der Waals surface area contributed by atoms with Gasteiger partial charge in [-0.1, -0.05) is 73.3 Å². The van der Waals surface area contributed by atoms with Crippen LogP contribution in [0.25, 0.3) is 44.2 Å². The standard InChI is InChI=1S/C27H21N5OS/c1-3-22(26(33)29-21-14-15(2)28-20-13-5-4-10-17(20)21)34-27-30-24-18-11-6-8-16-9-7-12-19(23(16)18)25(24)31-32-27/h4-14,22H,3H2,1-2H3,(H,28,29,33). The van der Waals surface area contributed by atoms with Crippen molar-refractivity contribution in [2.75, 3.05) is 5.32 Å². The minimum absolute atomic E-state index is 0.0854. The molecule has 2 aromatic heterocycles. The Morgan fingerprint density at radius 3 is 2.50 bits per heavy atom. The zero-order chi connectivity index (χ0) is 23.2. The average molecular weight is 464 g/mol. The highest BCUT2D eigenvalue weighted by Gasteiger charge is 2.27. The number of hydrogen-bond donors (Lipinski definition) is 1. The van der Waals surface area contributed by atoms with Gasteiger partial charge in [0, 0.05) is 27.6 Å². The maximum atomic E-state index is 13.2. The van der Waals surface area contributed by atoms with E-state index in [1.165, 1.54) is 11.8 Å². The molecule has 1 amide bonds. The molecule has 166 valence electrons. The molecule has 2 heterocycles. The highest BCUT2D eigenvalue weighted by atomic mass is 32.2. The Morgan fingerprint density at radius 2 is 1.71 bits per heavy atom. The fourth-order valence-electron chi connectivity index (χ4n) is 4.54. The van der Waals surface area contributed by atoms with Crippen molar-refractivity contribution < 1.29 is 4.79 Å². The van der Waals surface area contributed by atoms with Gasteiger partial charge in [-0.05, 0) is 30.9 Å². The van der Waals surface area contributed by atoms with Gasteiger partial charge in [-0.2, -0.15) is 0 Å². The molecule has 0 saturated carbocycles. The van der Waals surface area contributed by atoms with E-state index in [2.05, 4.69) is 44.8 Å². The van der Waals surface area contributed by atoms with Crippen LogP contribution in [0.15, 0.2) is 71.9 Å². The van der Waals surface area contributed by atoms with Gasteiger partial charge in [0.05, 0.1) is 16.5 Å². The zero-order valence-electron chi connectivity index (χ0n) is 18.7. The second kappa shape index (κ2) is 8.18. The highest BCUT2D eigenvalue weighted by molar-refractivity contribution is 8.00. The van der Waals surface area contributed by atoms with E-state index in [0.29, 0.717) is 11.6 Å². The summed E-state index contributed by atoms with van der Waals surface area (Å²) in [5.74, 6) is -0.0854. The number of thioether (sulfide) groups is 1. The van der Waals surface area contributed by atoms with Crippen molar-refractivity contribution in [2.45, 2.75) is 30.7 Å². The summed E-state index contributed by atoms with van der Waals surface area (Å²) in [6, 6.07) is 22.1. The van der Waals surface area contributed by atoms with Gasteiger partial charge in [-0.25, -0.2) is 4.98 Å². The smallest absolute Gasteiger partial charge is 0.237 e. The van der Waals surface area contributed by atoms with Crippen molar-refractivity contribution in [1.29, 1.82) is 0 Å². The molecule has 34 heavy (non-hydrogen) atoms. The van der Waals surface area contributed by atoms with Crippen molar-refractivity contribution in [3.05, 3.63) is 72.4 Å². The lowest BCUT2D eigenvalue weighted by molar-refractivity contribution is -0.115. The summed E-state index contributed by atoms with van der Waals surface area (Å²) in [5.41, 5.74) is 6.23. The highest BCUT2D eigenvalue weighted by Crippen LogP contribution is 2.45. The van der Waals surface area contributed by atoms with Crippen molar-refractivity contribution in [3.8, 4) is 22.5 Å². The first kappa shape index (κ1) is 20.7. The maximum Gasteiger partial charge on any atom is 0.237 e. The van der Waals surface area contributed by atoms with Crippen LogP contribution in [0.1, 0.15) is 19.0 Å². The van der Waals surface area contributed by atoms with E-state index in [9.17, 15) is 4.79 Å². The van der Waals surface area contributed by atoms with Gasteiger partial charge in [0.2, 0.25) is 11.1 Å². The monoisotopic (exact) mass is 463 g/mol. The molecule has 0 aliphatic heterocycles. The molecule has 1 atom stereocenters. The van der Waals surface area contributed by atoms with Crippen LogP contribution in [-0.4, -0.2) is 31.3 Å². The predicted molar refractivity (Wildman–Crippen MR) is 137 cm³/mol. The number of rotatable bonds is 5. The topological polar surface area (TPSA) is 80.7 Å². The Hall–Kier alpha value is -3.84. The number of benzene rings is 3. The number of pyridine rings is 1. The Balaban J connectivity index is 1.29. The molecule has 1 unspecified atom stereocenters. The lowest BCUT2D eigenvalue weighted by Crippen LogP contribution is -2.25. The van der Waals surface area contributed by atoms with Crippen LogP contribution in [0.3, 0.4) is 0 Å². The fraction of sp³-hybridized carbons (Fsp3) is 0.148. The lowest BCUT2D eigenvalue weighted by Gasteiger charge is -2.15. The Labute approximate surface area is 200 Å². The van der Waals surface area contributed by atoms with E-state index in [0.717, 1.165) is 55.6 Å². The van der Waals surface area contributed by atoms with Crippen molar-refractivity contribution >= 4 is 45.0 Å². The van der Waals surface area contributed by atoms with Crippen molar-refractivity contribution in [2.24, 2.45) is 0 Å². The average Bonchev–Trinajstić information content (AvgIpc) is 3.17. The number of nitrogens with one attached hydrogen (secondary N) is 1. The van der Waals surface area contributed by atoms with Crippen molar-refractivity contribution in [3.63, 3.8) is 0 Å². The summed E-state index contributed by atoms with van der Waals surface area (Å²) < 4.78 is 0. The third kappa shape index (κ3) is 3.40. The summed E-state index contributed by atoms with van der Waals surface area (Å²) in [4.78, 5) is 22.6. The quantitative estimate of drug-likeness (QED) is 0.314. The molecular weight excluding hydrogens is 442 g/mol. The summed E-state index contributed by atoms with van der Waals surface area (Å²) in [6.07, 6.45) is 0.634. The molecule has 1 aliphatic rings.